The second-order valence-corrected chi connectivity index (χ2v) is 5.56. The highest BCUT2D eigenvalue weighted by Crippen LogP contribution is 2.29. The van der Waals surface area contributed by atoms with E-state index in [9.17, 15) is 18.0 Å². The summed E-state index contributed by atoms with van der Waals surface area (Å²) in [4.78, 5) is 12.1. The first kappa shape index (κ1) is 17.8. The van der Waals surface area contributed by atoms with Crippen LogP contribution < -0.4 is 10.6 Å². The number of hydrogen-bond acceptors (Lipinski definition) is 4. The lowest BCUT2D eigenvalue weighted by Gasteiger charge is -2.05. The van der Waals surface area contributed by atoms with Crippen molar-refractivity contribution in [1.82, 2.24) is 9.69 Å². The van der Waals surface area contributed by atoms with E-state index < -0.39 is 11.7 Å². The SMILES string of the molecule is CNc1snc(C)c1C(=O)NCC#Cc1cccc(C(F)(F)F)c1. The topological polar surface area (TPSA) is 54.0 Å². The van der Waals surface area contributed by atoms with Gasteiger partial charge in [0.2, 0.25) is 0 Å². The molecule has 2 rings (SSSR count). The van der Waals surface area contributed by atoms with Crippen molar-refractivity contribution in [2.75, 3.05) is 18.9 Å². The molecule has 0 aliphatic rings. The van der Waals surface area contributed by atoms with Crippen molar-refractivity contribution in [1.29, 1.82) is 0 Å². The zero-order chi connectivity index (χ0) is 17.7. The summed E-state index contributed by atoms with van der Waals surface area (Å²) in [5.41, 5.74) is 0.538. The van der Waals surface area contributed by atoms with Crippen molar-refractivity contribution in [2.45, 2.75) is 13.1 Å². The van der Waals surface area contributed by atoms with Gasteiger partial charge in [0.15, 0.2) is 0 Å². The zero-order valence-corrected chi connectivity index (χ0v) is 13.7. The van der Waals surface area contributed by atoms with Crippen LogP contribution in [0.2, 0.25) is 0 Å². The highest BCUT2D eigenvalue weighted by molar-refractivity contribution is 7.10. The number of hydrogen-bond donors (Lipinski definition) is 2. The van der Waals surface area contributed by atoms with E-state index in [0.717, 1.165) is 12.1 Å². The van der Waals surface area contributed by atoms with Crippen LogP contribution in [0, 0.1) is 18.8 Å². The summed E-state index contributed by atoms with van der Waals surface area (Å²) in [5.74, 6) is 4.92. The number of rotatable bonds is 3. The molecule has 1 heterocycles. The third-order valence-electron chi connectivity index (χ3n) is 3.08. The Kier molecular flexibility index (Phi) is 5.46. The average Bonchev–Trinajstić information content (AvgIpc) is 2.92. The monoisotopic (exact) mass is 353 g/mol. The molecule has 0 spiro atoms. The average molecular weight is 353 g/mol. The molecular weight excluding hydrogens is 339 g/mol. The number of nitrogens with zero attached hydrogens (tertiary/aromatic N) is 1. The lowest BCUT2D eigenvalue weighted by molar-refractivity contribution is -0.137. The Morgan fingerprint density at radius 2 is 2.12 bits per heavy atom. The van der Waals surface area contributed by atoms with Gasteiger partial charge in [-0.25, -0.2) is 0 Å². The van der Waals surface area contributed by atoms with Crippen LogP contribution in [0.5, 0.6) is 0 Å². The summed E-state index contributed by atoms with van der Waals surface area (Å²) in [6.45, 7) is 1.74. The smallest absolute Gasteiger partial charge is 0.378 e. The number of nitrogens with one attached hydrogen (secondary N) is 2. The van der Waals surface area contributed by atoms with E-state index >= 15 is 0 Å². The number of carbonyl (C=O) groups excluding carboxylic acids is 1. The maximum Gasteiger partial charge on any atom is 0.416 e. The van der Waals surface area contributed by atoms with Crippen LogP contribution in [0.3, 0.4) is 0 Å². The normalized spacial score (nSPS) is 10.7. The molecule has 126 valence electrons. The van der Waals surface area contributed by atoms with Gasteiger partial charge in [-0.1, -0.05) is 17.9 Å². The first-order valence-corrected chi connectivity index (χ1v) is 7.68. The maximum atomic E-state index is 12.6. The quantitative estimate of drug-likeness (QED) is 0.833. The van der Waals surface area contributed by atoms with Gasteiger partial charge in [-0.15, -0.1) is 0 Å². The maximum absolute atomic E-state index is 12.6. The van der Waals surface area contributed by atoms with E-state index in [1.165, 1.54) is 23.7 Å². The van der Waals surface area contributed by atoms with Crippen molar-refractivity contribution in [3.05, 3.63) is 46.6 Å². The van der Waals surface area contributed by atoms with E-state index in [0.29, 0.717) is 16.3 Å². The molecule has 0 saturated heterocycles. The highest BCUT2D eigenvalue weighted by Gasteiger charge is 2.30. The summed E-state index contributed by atoms with van der Waals surface area (Å²) < 4.78 is 41.9. The molecule has 8 heteroatoms. The second-order valence-electron chi connectivity index (χ2n) is 4.79. The molecule has 0 bridgehead atoms. The molecule has 2 N–H and O–H groups in total. The van der Waals surface area contributed by atoms with E-state index in [1.54, 1.807) is 14.0 Å². The number of aromatic nitrogens is 1. The summed E-state index contributed by atoms with van der Waals surface area (Å²) in [7, 11) is 1.69. The van der Waals surface area contributed by atoms with E-state index in [4.69, 9.17) is 0 Å². The number of benzene rings is 1. The number of anilines is 1. The predicted octanol–water partition coefficient (Wildman–Crippen LogP) is 3.29. The molecule has 1 amide bonds. The summed E-state index contributed by atoms with van der Waals surface area (Å²) >= 11 is 1.18. The number of alkyl halides is 3. The van der Waals surface area contributed by atoms with Crippen LogP contribution in [0.25, 0.3) is 0 Å². The minimum Gasteiger partial charge on any atom is -0.378 e. The minimum atomic E-state index is -4.40. The van der Waals surface area contributed by atoms with Crippen molar-refractivity contribution in [2.24, 2.45) is 0 Å². The molecule has 24 heavy (non-hydrogen) atoms. The molecule has 0 aliphatic carbocycles. The van der Waals surface area contributed by atoms with Gasteiger partial charge in [0.25, 0.3) is 5.91 Å². The van der Waals surface area contributed by atoms with Gasteiger partial charge in [0.05, 0.1) is 23.4 Å². The molecule has 1 aromatic heterocycles. The fourth-order valence-corrected chi connectivity index (χ4v) is 2.68. The predicted molar refractivity (Wildman–Crippen MR) is 87.1 cm³/mol. The second kappa shape index (κ2) is 7.36. The van der Waals surface area contributed by atoms with Gasteiger partial charge < -0.3 is 10.6 Å². The van der Waals surface area contributed by atoms with Crippen molar-refractivity contribution in [3.63, 3.8) is 0 Å². The number of amides is 1. The van der Waals surface area contributed by atoms with Gasteiger partial charge in [-0.3, -0.25) is 4.79 Å². The molecule has 0 saturated carbocycles. The minimum absolute atomic E-state index is 0.0213. The third-order valence-corrected chi connectivity index (χ3v) is 4.03. The first-order chi connectivity index (χ1) is 11.3. The Balaban J connectivity index is 2.02. The number of aryl methyl sites for hydroxylation is 1. The third kappa shape index (κ3) is 4.26. The first-order valence-electron chi connectivity index (χ1n) is 6.91. The lowest BCUT2D eigenvalue weighted by Crippen LogP contribution is -2.24. The van der Waals surface area contributed by atoms with Gasteiger partial charge in [-0.2, -0.15) is 17.5 Å². The summed E-state index contributed by atoms with van der Waals surface area (Å²) in [5, 5.41) is 6.14. The largest absolute Gasteiger partial charge is 0.416 e. The van der Waals surface area contributed by atoms with E-state index in [2.05, 4.69) is 26.8 Å². The Hall–Kier alpha value is -2.53. The van der Waals surface area contributed by atoms with Crippen molar-refractivity contribution >= 4 is 22.4 Å². The fourth-order valence-electron chi connectivity index (χ4n) is 1.94. The van der Waals surface area contributed by atoms with Gasteiger partial charge in [0.1, 0.15) is 5.00 Å². The standard InChI is InChI=1S/C16H14F3N3OS/c1-10-13(15(20-2)24-22-10)14(23)21-8-4-6-11-5-3-7-12(9-11)16(17,18)19/h3,5,7,9,20H,8H2,1-2H3,(H,21,23). The van der Waals surface area contributed by atoms with Gasteiger partial charge in [-0.05, 0) is 36.7 Å². The van der Waals surface area contributed by atoms with E-state index in [1.807, 2.05) is 0 Å². The van der Waals surface area contributed by atoms with E-state index in [-0.39, 0.29) is 18.0 Å². The van der Waals surface area contributed by atoms with Crippen LogP contribution in [-0.4, -0.2) is 23.9 Å². The molecule has 0 atom stereocenters. The molecule has 2 aromatic rings. The Bertz CT molecular complexity index is 803. The van der Waals surface area contributed by atoms with Gasteiger partial charge in [0, 0.05) is 12.6 Å². The highest BCUT2D eigenvalue weighted by atomic mass is 32.1. The summed E-state index contributed by atoms with van der Waals surface area (Å²) in [6, 6.07) is 4.74. The fraction of sp³-hybridized carbons (Fsp3) is 0.250. The summed E-state index contributed by atoms with van der Waals surface area (Å²) in [6.07, 6.45) is -4.40. The van der Waals surface area contributed by atoms with Crippen molar-refractivity contribution < 1.29 is 18.0 Å². The molecule has 0 fully saturated rings. The number of carbonyl (C=O) groups is 1. The Morgan fingerprint density at radius 3 is 2.79 bits per heavy atom. The zero-order valence-electron chi connectivity index (χ0n) is 12.9. The van der Waals surface area contributed by atoms with Crippen LogP contribution >= 0.6 is 11.5 Å². The molecule has 1 aromatic carbocycles. The molecular formula is C16H14F3N3OS. The lowest BCUT2D eigenvalue weighted by atomic mass is 10.1. The van der Waals surface area contributed by atoms with Gasteiger partial charge >= 0.3 is 6.18 Å². The van der Waals surface area contributed by atoms with Crippen molar-refractivity contribution in [3.8, 4) is 11.8 Å². The molecule has 0 aliphatic heterocycles. The van der Waals surface area contributed by atoms with Crippen LogP contribution in [0.15, 0.2) is 24.3 Å². The Morgan fingerprint density at radius 1 is 1.38 bits per heavy atom. The van der Waals surface area contributed by atoms with Crippen LogP contribution in [0.1, 0.15) is 27.2 Å². The molecule has 0 radical (unpaired) electrons. The van der Waals surface area contributed by atoms with Crippen LogP contribution in [-0.2, 0) is 6.18 Å². The molecule has 4 nitrogen and oxygen atoms in total. The van der Waals surface area contributed by atoms with Crippen LogP contribution in [0.4, 0.5) is 18.2 Å². The molecule has 0 unspecified atom stereocenters. The number of halogens is 3. The Labute approximate surface area is 141 Å².